The second-order valence-electron chi connectivity index (χ2n) is 2.89. The van der Waals surface area contributed by atoms with Crippen molar-refractivity contribution in [1.82, 2.24) is 20.0 Å². The molecular weight excluding hydrogens is 183 g/mol. The van der Waals surface area contributed by atoms with Crippen LogP contribution in [0.25, 0.3) is 11.2 Å². The van der Waals surface area contributed by atoms with Crippen LogP contribution in [0.2, 0.25) is 0 Å². The van der Waals surface area contributed by atoms with E-state index in [1.165, 1.54) is 6.20 Å². The van der Waals surface area contributed by atoms with Crippen LogP contribution in [0.1, 0.15) is 6.92 Å². The zero-order valence-corrected chi connectivity index (χ0v) is 7.62. The standard InChI is InChI=1S/C7H9BN4O2/c1-2-12-7-6(10-11-12)3-5(4-9-7)8(13)14/h3-4,13-14H,2H2,1H3. The van der Waals surface area contributed by atoms with Crippen molar-refractivity contribution in [3.05, 3.63) is 12.3 Å². The van der Waals surface area contributed by atoms with Gasteiger partial charge in [0.05, 0.1) is 0 Å². The van der Waals surface area contributed by atoms with E-state index in [1.54, 1.807) is 10.7 Å². The van der Waals surface area contributed by atoms with Gasteiger partial charge in [-0.2, -0.15) is 0 Å². The molecule has 0 bridgehead atoms. The average molecular weight is 192 g/mol. The molecule has 72 valence electrons. The zero-order valence-electron chi connectivity index (χ0n) is 7.62. The normalized spacial score (nSPS) is 10.8. The molecule has 0 fully saturated rings. The van der Waals surface area contributed by atoms with Crippen molar-refractivity contribution in [3.8, 4) is 0 Å². The summed E-state index contributed by atoms with van der Waals surface area (Å²) in [4.78, 5) is 4.05. The van der Waals surface area contributed by atoms with Crippen LogP contribution in [0.3, 0.4) is 0 Å². The fourth-order valence-corrected chi connectivity index (χ4v) is 1.23. The molecule has 0 radical (unpaired) electrons. The van der Waals surface area contributed by atoms with Crippen molar-refractivity contribution >= 4 is 23.7 Å². The Kier molecular flexibility index (Phi) is 2.18. The summed E-state index contributed by atoms with van der Waals surface area (Å²) in [6.45, 7) is 2.62. The molecule has 7 heteroatoms. The van der Waals surface area contributed by atoms with Crippen LogP contribution < -0.4 is 5.46 Å². The predicted molar refractivity (Wildman–Crippen MR) is 50.8 cm³/mol. The molecule has 0 aliphatic rings. The number of nitrogens with zero attached hydrogens (tertiary/aromatic N) is 4. The highest BCUT2D eigenvalue weighted by Gasteiger charge is 2.13. The molecule has 0 atom stereocenters. The van der Waals surface area contributed by atoms with Gasteiger partial charge >= 0.3 is 7.12 Å². The Morgan fingerprint density at radius 3 is 2.93 bits per heavy atom. The first-order chi connectivity index (χ1) is 6.72. The highest BCUT2D eigenvalue weighted by Crippen LogP contribution is 2.04. The minimum absolute atomic E-state index is 0.320. The third kappa shape index (κ3) is 1.36. The molecule has 2 aromatic heterocycles. The summed E-state index contributed by atoms with van der Waals surface area (Å²) in [5, 5.41) is 25.5. The Morgan fingerprint density at radius 1 is 1.50 bits per heavy atom. The SMILES string of the molecule is CCn1nnc2cc(B(O)O)cnc21. The molecule has 0 saturated carbocycles. The number of hydrogen-bond acceptors (Lipinski definition) is 5. The maximum atomic E-state index is 8.91. The largest absolute Gasteiger partial charge is 0.490 e. The smallest absolute Gasteiger partial charge is 0.423 e. The highest BCUT2D eigenvalue weighted by atomic mass is 16.4. The lowest BCUT2D eigenvalue weighted by molar-refractivity contribution is 0.425. The van der Waals surface area contributed by atoms with E-state index in [9.17, 15) is 0 Å². The maximum absolute atomic E-state index is 8.91. The number of fused-ring (bicyclic) bond motifs is 1. The van der Waals surface area contributed by atoms with Crippen molar-refractivity contribution in [1.29, 1.82) is 0 Å². The Labute approximate surface area is 80.3 Å². The first-order valence-corrected chi connectivity index (χ1v) is 4.27. The number of pyridine rings is 1. The van der Waals surface area contributed by atoms with Gasteiger partial charge in [0.25, 0.3) is 0 Å². The molecule has 0 aromatic carbocycles. The molecule has 0 saturated heterocycles. The molecule has 0 unspecified atom stereocenters. The van der Waals surface area contributed by atoms with Crippen LogP contribution in [0.15, 0.2) is 12.3 Å². The summed E-state index contributed by atoms with van der Waals surface area (Å²) in [5.74, 6) is 0. The maximum Gasteiger partial charge on any atom is 0.490 e. The Hall–Kier alpha value is -1.47. The van der Waals surface area contributed by atoms with Crippen molar-refractivity contribution < 1.29 is 10.0 Å². The molecule has 6 nitrogen and oxygen atoms in total. The van der Waals surface area contributed by atoms with Gasteiger partial charge in [-0.3, -0.25) is 0 Å². The quantitative estimate of drug-likeness (QED) is 0.567. The summed E-state index contributed by atoms with van der Waals surface area (Å²) < 4.78 is 1.64. The van der Waals surface area contributed by atoms with E-state index in [0.29, 0.717) is 23.2 Å². The van der Waals surface area contributed by atoms with Crippen molar-refractivity contribution in [2.75, 3.05) is 0 Å². The molecule has 2 N–H and O–H groups in total. The number of rotatable bonds is 2. The third-order valence-corrected chi connectivity index (χ3v) is 1.97. The predicted octanol–water partition coefficient (Wildman–Crippen LogP) is -1.47. The van der Waals surface area contributed by atoms with E-state index >= 15 is 0 Å². The first kappa shape index (κ1) is 9.10. The topological polar surface area (TPSA) is 84.1 Å². The van der Waals surface area contributed by atoms with Crippen molar-refractivity contribution in [2.45, 2.75) is 13.5 Å². The van der Waals surface area contributed by atoms with E-state index in [2.05, 4.69) is 15.3 Å². The molecule has 0 aliphatic heterocycles. The van der Waals surface area contributed by atoms with Crippen LogP contribution >= 0.6 is 0 Å². The van der Waals surface area contributed by atoms with Gasteiger partial charge < -0.3 is 10.0 Å². The lowest BCUT2D eigenvalue weighted by Gasteiger charge is -1.98. The van der Waals surface area contributed by atoms with Gasteiger partial charge in [0.1, 0.15) is 5.52 Å². The number of hydrogen-bond donors (Lipinski definition) is 2. The van der Waals surface area contributed by atoms with Gasteiger partial charge in [-0.25, -0.2) is 9.67 Å². The Bertz CT molecular complexity index is 456. The van der Waals surface area contributed by atoms with Gasteiger partial charge in [-0.15, -0.1) is 5.10 Å². The number of aryl methyl sites for hydroxylation is 1. The van der Waals surface area contributed by atoms with Gasteiger partial charge in [-0.1, -0.05) is 5.21 Å². The van der Waals surface area contributed by atoms with E-state index in [-0.39, 0.29) is 0 Å². The van der Waals surface area contributed by atoms with Crippen LogP contribution in [-0.2, 0) is 6.54 Å². The lowest BCUT2D eigenvalue weighted by atomic mass is 9.82. The highest BCUT2D eigenvalue weighted by molar-refractivity contribution is 6.58. The molecule has 0 aliphatic carbocycles. The minimum atomic E-state index is -1.52. The summed E-state index contributed by atoms with van der Waals surface area (Å²) in [6, 6.07) is 1.56. The second kappa shape index (κ2) is 3.35. The van der Waals surface area contributed by atoms with Gasteiger partial charge in [0, 0.05) is 18.2 Å². The van der Waals surface area contributed by atoms with Crippen LogP contribution in [0.4, 0.5) is 0 Å². The lowest BCUT2D eigenvalue weighted by Crippen LogP contribution is -2.30. The van der Waals surface area contributed by atoms with Crippen molar-refractivity contribution in [2.24, 2.45) is 0 Å². The third-order valence-electron chi connectivity index (χ3n) is 1.97. The molecule has 2 aromatic rings. The molecule has 2 heterocycles. The van der Waals surface area contributed by atoms with Crippen LogP contribution in [0, 0.1) is 0 Å². The van der Waals surface area contributed by atoms with Gasteiger partial charge in [-0.05, 0) is 13.0 Å². The van der Waals surface area contributed by atoms with E-state index < -0.39 is 7.12 Å². The molecule has 0 amide bonds. The molecule has 14 heavy (non-hydrogen) atoms. The summed E-state index contributed by atoms with van der Waals surface area (Å²) >= 11 is 0. The molecule has 0 spiro atoms. The number of aromatic nitrogens is 4. The molecule has 2 rings (SSSR count). The summed E-state index contributed by atoms with van der Waals surface area (Å²) in [5.41, 5.74) is 1.54. The average Bonchev–Trinajstić information content (AvgIpc) is 2.59. The fraction of sp³-hybridized carbons (Fsp3) is 0.286. The second-order valence-corrected chi connectivity index (χ2v) is 2.89. The Balaban J connectivity index is 2.57. The van der Waals surface area contributed by atoms with Crippen LogP contribution in [-0.4, -0.2) is 37.1 Å². The summed E-state index contributed by atoms with van der Waals surface area (Å²) in [7, 11) is -1.52. The molecular formula is C7H9BN4O2. The van der Waals surface area contributed by atoms with E-state index in [0.717, 1.165) is 0 Å². The first-order valence-electron chi connectivity index (χ1n) is 4.27. The van der Waals surface area contributed by atoms with E-state index in [1.807, 2.05) is 6.92 Å². The zero-order chi connectivity index (χ0) is 10.1. The van der Waals surface area contributed by atoms with Gasteiger partial charge in [0.2, 0.25) is 0 Å². The van der Waals surface area contributed by atoms with Crippen LogP contribution in [0.5, 0.6) is 0 Å². The monoisotopic (exact) mass is 192 g/mol. The van der Waals surface area contributed by atoms with Gasteiger partial charge in [0.15, 0.2) is 5.65 Å². The van der Waals surface area contributed by atoms with Crippen molar-refractivity contribution in [3.63, 3.8) is 0 Å². The Morgan fingerprint density at radius 2 is 2.29 bits per heavy atom. The fourth-order valence-electron chi connectivity index (χ4n) is 1.23. The summed E-state index contributed by atoms with van der Waals surface area (Å²) in [6.07, 6.45) is 1.41. The minimum Gasteiger partial charge on any atom is -0.423 e. The van der Waals surface area contributed by atoms with E-state index in [4.69, 9.17) is 10.0 Å².